The van der Waals surface area contributed by atoms with Gasteiger partial charge in [0.25, 0.3) is 0 Å². The van der Waals surface area contributed by atoms with Crippen molar-refractivity contribution in [2.45, 2.75) is 52.5 Å². The highest BCUT2D eigenvalue weighted by molar-refractivity contribution is 4.90. The van der Waals surface area contributed by atoms with E-state index in [0.29, 0.717) is 0 Å². The zero-order valence-corrected chi connectivity index (χ0v) is 11.7. The fourth-order valence-corrected chi connectivity index (χ4v) is 3.10. The minimum atomic E-state index is 0.785. The predicted molar refractivity (Wildman–Crippen MR) is 73.4 cm³/mol. The van der Waals surface area contributed by atoms with Crippen LogP contribution in [-0.2, 0) is 13.0 Å². The van der Waals surface area contributed by atoms with E-state index in [4.69, 9.17) is 0 Å². The van der Waals surface area contributed by atoms with Gasteiger partial charge in [-0.1, -0.05) is 19.8 Å². The van der Waals surface area contributed by atoms with E-state index >= 15 is 0 Å². The van der Waals surface area contributed by atoms with Crippen LogP contribution < -0.4 is 5.32 Å². The Morgan fingerprint density at radius 2 is 2.06 bits per heavy atom. The Bertz CT molecular complexity index is 347. The summed E-state index contributed by atoms with van der Waals surface area (Å²) in [4.78, 5) is 4.43. The third-order valence-corrected chi connectivity index (χ3v) is 4.16. The summed E-state index contributed by atoms with van der Waals surface area (Å²) in [5, 5.41) is 7.79. The SMILES string of the molecule is CCNCC1CCCCC1Cc1ncnn1CC. The van der Waals surface area contributed by atoms with Crippen molar-refractivity contribution in [2.24, 2.45) is 11.8 Å². The first-order valence-electron chi connectivity index (χ1n) is 7.42. The fraction of sp³-hybridized carbons (Fsp3) is 0.857. The maximum Gasteiger partial charge on any atom is 0.138 e. The van der Waals surface area contributed by atoms with Crippen LogP contribution in [0.1, 0.15) is 45.4 Å². The van der Waals surface area contributed by atoms with Crippen LogP contribution in [-0.4, -0.2) is 27.9 Å². The number of aryl methyl sites for hydroxylation is 1. The van der Waals surface area contributed by atoms with Crippen LogP contribution in [0.5, 0.6) is 0 Å². The molecular weight excluding hydrogens is 224 g/mol. The average Bonchev–Trinajstić information content (AvgIpc) is 2.85. The molecule has 18 heavy (non-hydrogen) atoms. The molecule has 0 saturated heterocycles. The van der Waals surface area contributed by atoms with Gasteiger partial charge >= 0.3 is 0 Å². The Kier molecular flexibility index (Phi) is 5.17. The van der Waals surface area contributed by atoms with Crippen LogP contribution in [0.25, 0.3) is 0 Å². The minimum absolute atomic E-state index is 0.785. The summed E-state index contributed by atoms with van der Waals surface area (Å²) in [5.74, 6) is 2.78. The fourth-order valence-electron chi connectivity index (χ4n) is 3.10. The van der Waals surface area contributed by atoms with Crippen LogP contribution in [0.2, 0.25) is 0 Å². The first-order valence-corrected chi connectivity index (χ1v) is 7.42. The summed E-state index contributed by atoms with van der Waals surface area (Å²) < 4.78 is 2.04. The topological polar surface area (TPSA) is 42.7 Å². The number of nitrogens with one attached hydrogen (secondary N) is 1. The van der Waals surface area contributed by atoms with E-state index in [1.807, 2.05) is 4.68 Å². The lowest BCUT2D eigenvalue weighted by atomic mass is 9.77. The summed E-state index contributed by atoms with van der Waals surface area (Å²) in [6, 6.07) is 0. The van der Waals surface area contributed by atoms with Gasteiger partial charge < -0.3 is 5.32 Å². The maximum atomic E-state index is 4.43. The second-order valence-electron chi connectivity index (χ2n) is 5.31. The highest BCUT2D eigenvalue weighted by atomic mass is 15.3. The van der Waals surface area contributed by atoms with E-state index < -0.39 is 0 Å². The van der Waals surface area contributed by atoms with Gasteiger partial charge in [0.1, 0.15) is 12.2 Å². The van der Waals surface area contributed by atoms with E-state index in [0.717, 1.165) is 31.3 Å². The monoisotopic (exact) mass is 250 g/mol. The highest BCUT2D eigenvalue weighted by Gasteiger charge is 2.26. The van der Waals surface area contributed by atoms with Crippen LogP contribution in [0, 0.1) is 11.8 Å². The van der Waals surface area contributed by atoms with Crippen molar-refractivity contribution < 1.29 is 0 Å². The summed E-state index contributed by atoms with van der Waals surface area (Å²) in [5.41, 5.74) is 0. The van der Waals surface area contributed by atoms with Gasteiger partial charge in [-0.05, 0) is 44.7 Å². The molecule has 1 saturated carbocycles. The minimum Gasteiger partial charge on any atom is -0.317 e. The van der Waals surface area contributed by atoms with E-state index in [9.17, 15) is 0 Å². The van der Waals surface area contributed by atoms with Gasteiger partial charge in [0.2, 0.25) is 0 Å². The lowest BCUT2D eigenvalue weighted by molar-refractivity contribution is 0.224. The Hall–Kier alpha value is -0.900. The molecule has 4 nitrogen and oxygen atoms in total. The Balaban J connectivity index is 1.96. The molecule has 2 atom stereocenters. The highest BCUT2D eigenvalue weighted by Crippen LogP contribution is 2.31. The van der Waals surface area contributed by atoms with Gasteiger partial charge in [0.05, 0.1) is 0 Å². The normalized spacial score (nSPS) is 24.3. The number of hydrogen-bond acceptors (Lipinski definition) is 3. The van der Waals surface area contributed by atoms with Crippen molar-refractivity contribution >= 4 is 0 Å². The van der Waals surface area contributed by atoms with E-state index in [1.54, 1.807) is 6.33 Å². The van der Waals surface area contributed by atoms with Crippen molar-refractivity contribution in [1.29, 1.82) is 0 Å². The Morgan fingerprint density at radius 3 is 2.78 bits per heavy atom. The van der Waals surface area contributed by atoms with Crippen molar-refractivity contribution in [3.63, 3.8) is 0 Å². The number of nitrogens with zero attached hydrogens (tertiary/aromatic N) is 3. The van der Waals surface area contributed by atoms with Crippen LogP contribution >= 0.6 is 0 Å². The van der Waals surface area contributed by atoms with Crippen LogP contribution in [0.4, 0.5) is 0 Å². The van der Waals surface area contributed by atoms with Gasteiger partial charge in [-0.25, -0.2) is 4.98 Å². The van der Waals surface area contributed by atoms with E-state index in [-0.39, 0.29) is 0 Å². The molecule has 4 heteroatoms. The smallest absolute Gasteiger partial charge is 0.138 e. The lowest BCUT2D eigenvalue weighted by Gasteiger charge is -2.31. The molecule has 0 aromatic carbocycles. The number of rotatable bonds is 6. The van der Waals surface area contributed by atoms with E-state index in [2.05, 4.69) is 29.2 Å². The Labute approximate surface area is 110 Å². The summed E-state index contributed by atoms with van der Waals surface area (Å²) in [6.07, 6.45) is 8.30. The molecule has 1 N–H and O–H groups in total. The first kappa shape index (κ1) is 13.5. The first-order chi connectivity index (χ1) is 8.85. The number of hydrogen-bond donors (Lipinski definition) is 1. The average molecular weight is 250 g/mol. The molecule has 102 valence electrons. The molecule has 0 bridgehead atoms. The van der Waals surface area contributed by atoms with Gasteiger partial charge in [-0.3, -0.25) is 4.68 Å². The molecule has 2 unspecified atom stereocenters. The quantitative estimate of drug-likeness (QED) is 0.842. The molecule has 1 aromatic heterocycles. The van der Waals surface area contributed by atoms with Crippen molar-refractivity contribution in [2.75, 3.05) is 13.1 Å². The summed E-state index contributed by atoms with van der Waals surface area (Å²) in [7, 11) is 0. The summed E-state index contributed by atoms with van der Waals surface area (Å²) in [6.45, 7) is 7.50. The van der Waals surface area contributed by atoms with Crippen LogP contribution in [0.3, 0.4) is 0 Å². The predicted octanol–water partition coefficient (Wildman–Crippen LogP) is 2.26. The standard InChI is InChI=1S/C14H26N4/c1-3-15-10-13-8-6-5-7-12(13)9-14-16-11-17-18(14)4-2/h11-13,15H,3-10H2,1-2H3. The van der Waals surface area contributed by atoms with Crippen molar-refractivity contribution in [3.8, 4) is 0 Å². The summed E-state index contributed by atoms with van der Waals surface area (Å²) >= 11 is 0. The second kappa shape index (κ2) is 6.88. The molecule has 0 radical (unpaired) electrons. The molecule has 0 spiro atoms. The molecule has 2 rings (SSSR count). The van der Waals surface area contributed by atoms with Gasteiger partial charge in [-0.15, -0.1) is 0 Å². The van der Waals surface area contributed by atoms with Crippen molar-refractivity contribution in [1.82, 2.24) is 20.1 Å². The zero-order valence-electron chi connectivity index (χ0n) is 11.7. The third kappa shape index (κ3) is 3.31. The molecule has 0 amide bonds. The molecule has 1 aliphatic carbocycles. The molecule has 1 heterocycles. The Morgan fingerprint density at radius 1 is 1.28 bits per heavy atom. The molecule has 1 fully saturated rings. The molecule has 0 aliphatic heterocycles. The largest absolute Gasteiger partial charge is 0.317 e. The third-order valence-electron chi connectivity index (χ3n) is 4.16. The van der Waals surface area contributed by atoms with Crippen molar-refractivity contribution in [3.05, 3.63) is 12.2 Å². The second-order valence-corrected chi connectivity index (χ2v) is 5.31. The van der Waals surface area contributed by atoms with Crippen LogP contribution in [0.15, 0.2) is 6.33 Å². The molecule has 1 aromatic rings. The van der Waals surface area contributed by atoms with Gasteiger partial charge in [-0.2, -0.15) is 5.10 Å². The molecular formula is C14H26N4. The zero-order chi connectivity index (χ0) is 12.8. The molecule has 1 aliphatic rings. The number of aromatic nitrogens is 3. The lowest BCUT2D eigenvalue weighted by Crippen LogP contribution is -2.32. The van der Waals surface area contributed by atoms with E-state index in [1.165, 1.54) is 38.1 Å². The van der Waals surface area contributed by atoms with Gasteiger partial charge in [0.15, 0.2) is 0 Å². The van der Waals surface area contributed by atoms with Gasteiger partial charge in [0, 0.05) is 13.0 Å². The maximum absolute atomic E-state index is 4.43.